The summed E-state index contributed by atoms with van der Waals surface area (Å²) in [6.07, 6.45) is 2.90. The minimum atomic E-state index is -0.756. The molecule has 4 amide bonds. The Kier molecular flexibility index (Phi) is 5.45. The van der Waals surface area contributed by atoms with E-state index in [-0.39, 0.29) is 12.1 Å². The van der Waals surface area contributed by atoms with Crippen LogP contribution in [0.4, 0.5) is 4.79 Å². The van der Waals surface area contributed by atoms with E-state index in [0.717, 1.165) is 22.0 Å². The Morgan fingerprint density at radius 1 is 1.11 bits per heavy atom. The fourth-order valence-electron chi connectivity index (χ4n) is 3.10. The molecule has 8 heteroatoms. The Morgan fingerprint density at radius 3 is 2.46 bits per heavy atom. The first kappa shape index (κ1) is 19.9. The SMILES string of the molecule is C=CCN1C(=O)NC(=O)/C(=C/c2cc(C)n(-c3ccc(Cl)c(Cl)c3)c2C)C1=O. The van der Waals surface area contributed by atoms with Gasteiger partial charge in [-0.1, -0.05) is 29.3 Å². The first-order valence-corrected chi connectivity index (χ1v) is 9.14. The second kappa shape index (κ2) is 7.66. The summed E-state index contributed by atoms with van der Waals surface area (Å²) in [6.45, 7) is 7.29. The zero-order valence-electron chi connectivity index (χ0n) is 15.3. The van der Waals surface area contributed by atoms with Crippen molar-refractivity contribution < 1.29 is 14.4 Å². The van der Waals surface area contributed by atoms with Crippen LogP contribution >= 0.6 is 23.2 Å². The Morgan fingerprint density at radius 2 is 1.82 bits per heavy atom. The summed E-state index contributed by atoms with van der Waals surface area (Å²) < 4.78 is 1.94. The molecule has 1 N–H and O–H groups in total. The normalized spacial score (nSPS) is 15.9. The summed E-state index contributed by atoms with van der Waals surface area (Å²) in [6, 6.07) is 6.36. The van der Waals surface area contributed by atoms with Gasteiger partial charge in [-0.25, -0.2) is 4.79 Å². The lowest BCUT2D eigenvalue weighted by atomic mass is 10.1. The van der Waals surface area contributed by atoms with Gasteiger partial charge >= 0.3 is 6.03 Å². The second-order valence-electron chi connectivity index (χ2n) is 6.28. The van der Waals surface area contributed by atoms with Crippen LogP contribution in [-0.4, -0.2) is 33.9 Å². The molecule has 0 atom stereocenters. The van der Waals surface area contributed by atoms with E-state index in [9.17, 15) is 14.4 Å². The smallest absolute Gasteiger partial charge is 0.318 e. The van der Waals surface area contributed by atoms with Gasteiger partial charge in [-0.05, 0) is 49.8 Å². The monoisotopic (exact) mass is 417 g/mol. The number of halogens is 2. The lowest BCUT2D eigenvalue weighted by Crippen LogP contribution is -2.54. The van der Waals surface area contributed by atoms with Crippen molar-refractivity contribution in [2.45, 2.75) is 13.8 Å². The third-order valence-corrected chi connectivity index (χ3v) is 5.17. The predicted molar refractivity (Wildman–Crippen MR) is 109 cm³/mol. The van der Waals surface area contributed by atoms with E-state index in [1.54, 1.807) is 12.1 Å². The summed E-state index contributed by atoms with van der Waals surface area (Å²) in [5, 5.41) is 3.05. The van der Waals surface area contributed by atoms with Gasteiger partial charge in [-0.3, -0.25) is 19.8 Å². The van der Waals surface area contributed by atoms with Crippen molar-refractivity contribution >= 4 is 47.1 Å². The molecule has 1 saturated heterocycles. The molecule has 0 saturated carbocycles. The summed E-state index contributed by atoms with van der Waals surface area (Å²) in [5.41, 5.74) is 3.05. The third kappa shape index (κ3) is 3.48. The molecule has 0 bridgehead atoms. The molecule has 0 unspecified atom stereocenters. The van der Waals surface area contributed by atoms with Crippen LogP contribution in [0.1, 0.15) is 17.0 Å². The number of carbonyl (C=O) groups is 3. The molecule has 0 spiro atoms. The van der Waals surface area contributed by atoms with Gasteiger partial charge in [0.2, 0.25) is 0 Å². The van der Waals surface area contributed by atoms with E-state index in [4.69, 9.17) is 23.2 Å². The molecule has 2 heterocycles. The van der Waals surface area contributed by atoms with Crippen LogP contribution in [0.2, 0.25) is 10.0 Å². The molecule has 144 valence electrons. The van der Waals surface area contributed by atoms with E-state index in [1.165, 1.54) is 12.2 Å². The quantitative estimate of drug-likeness (QED) is 0.463. The van der Waals surface area contributed by atoms with Gasteiger partial charge in [-0.15, -0.1) is 6.58 Å². The number of amides is 4. The molecule has 1 fully saturated rings. The van der Waals surface area contributed by atoms with Crippen molar-refractivity contribution in [2.75, 3.05) is 6.54 Å². The first-order valence-electron chi connectivity index (χ1n) is 8.38. The summed E-state index contributed by atoms with van der Waals surface area (Å²) >= 11 is 12.1. The molecule has 1 aromatic heterocycles. The van der Waals surface area contributed by atoms with Crippen LogP contribution in [0.3, 0.4) is 0 Å². The number of nitrogens with one attached hydrogen (secondary N) is 1. The Hall–Kier alpha value is -2.83. The zero-order valence-corrected chi connectivity index (χ0v) is 16.8. The third-order valence-electron chi connectivity index (χ3n) is 4.43. The number of hydrogen-bond acceptors (Lipinski definition) is 3. The molecular formula is C20H17Cl2N3O3. The maximum Gasteiger partial charge on any atom is 0.331 e. The summed E-state index contributed by atoms with van der Waals surface area (Å²) in [4.78, 5) is 37.6. The number of imide groups is 2. The predicted octanol–water partition coefficient (Wildman–Crippen LogP) is 4.05. The number of benzene rings is 1. The van der Waals surface area contributed by atoms with Gasteiger partial charge in [0.1, 0.15) is 5.57 Å². The largest absolute Gasteiger partial charge is 0.331 e. The Balaban J connectivity index is 2.06. The fraction of sp³-hybridized carbons (Fsp3) is 0.150. The highest BCUT2D eigenvalue weighted by Gasteiger charge is 2.35. The van der Waals surface area contributed by atoms with Crippen LogP contribution in [0.5, 0.6) is 0 Å². The van der Waals surface area contributed by atoms with E-state index in [0.29, 0.717) is 15.6 Å². The van der Waals surface area contributed by atoms with E-state index in [2.05, 4.69) is 11.9 Å². The van der Waals surface area contributed by atoms with Gasteiger partial charge in [0.25, 0.3) is 11.8 Å². The number of carbonyl (C=O) groups excluding carboxylic acids is 3. The van der Waals surface area contributed by atoms with Crippen molar-refractivity contribution in [1.82, 2.24) is 14.8 Å². The molecule has 2 aromatic rings. The molecule has 1 aliphatic rings. The Bertz CT molecular complexity index is 1050. The molecule has 1 aromatic carbocycles. The first-order chi connectivity index (χ1) is 13.2. The van der Waals surface area contributed by atoms with Gasteiger partial charge in [-0.2, -0.15) is 0 Å². The molecule has 6 nitrogen and oxygen atoms in total. The number of barbiturate groups is 1. The van der Waals surface area contributed by atoms with Crippen LogP contribution in [-0.2, 0) is 9.59 Å². The highest BCUT2D eigenvalue weighted by Crippen LogP contribution is 2.28. The number of urea groups is 1. The lowest BCUT2D eigenvalue weighted by Gasteiger charge is -2.25. The van der Waals surface area contributed by atoms with Crippen LogP contribution < -0.4 is 5.32 Å². The number of hydrogen-bond donors (Lipinski definition) is 1. The van der Waals surface area contributed by atoms with Gasteiger partial charge in [0.05, 0.1) is 10.0 Å². The number of nitrogens with zero attached hydrogens (tertiary/aromatic N) is 2. The van der Waals surface area contributed by atoms with Gasteiger partial charge in [0.15, 0.2) is 0 Å². The van der Waals surface area contributed by atoms with Gasteiger partial charge in [0, 0.05) is 23.6 Å². The highest BCUT2D eigenvalue weighted by molar-refractivity contribution is 6.42. The molecular weight excluding hydrogens is 401 g/mol. The van der Waals surface area contributed by atoms with Gasteiger partial charge < -0.3 is 4.57 Å². The fourth-order valence-corrected chi connectivity index (χ4v) is 3.39. The van der Waals surface area contributed by atoms with Crippen molar-refractivity contribution in [2.24, 2.45) is 0 Å². The number of aryl methyl sites for hydroxylation is 1. The lowest BCUT2D eigenvalue weighted by molar-refractivity contribution is -0.129. The van der Waals surface area contributed by atoms with E-state index >= 15 is 0 Å². The van der Waals surface area contributed by atoms with Crippen molar-refractivity contribution in [3.63, 3.8) is 0 Å². The van der Waals surface area contributed by atoms with Crippen molar-refractivity contribution in [3.8, 4) is 5.69 Å². The molecule has 1 aliphatic heterocycles. The zero-order chi connectivity index (χ0) is 20.6. The molecule has 3 rings (SSSR count). The average Bonchev–Trinajstić information content (AvgIpc) is 2.91. The van der Waals surface area contributed by atoms with Crippen LogP contribution in [0.25, 0.3) is 11.8 Å². The molecule has 0 radical (unpaired) electrons. The van der Waals surface area contributed by atoms with Crippen molar-refractivity contribution in [3.05, 3.63) is 69.5 Å². The average molecular weight is 418 g/mol. The van der Waals surface area contributed by atoms with E-state index in [1.807, 2.05) is 30.5 Å². The number of aromatic nitrogens is 1. The number of rotatable bonds is 4. The van der Waals surface area contributed by atoms with E-state index < -0.39 is 17.8 Å². The minimum absolute atomic E-state index is 0.0115. The van der Waals surface area contributed by atoms with Crippen LogP contribution in [0, 0.1) is 13.8 Å². The topological polar surface area (TPSA) is 71.4 Å². The summed E-state index contributed by atoms with van der Waals surface area (Å²) in [7, 11) is 0. The molecule has 28 heavy (non-hydrogen) atoms. The Labute approximate surface area is 172 Å². The summed E-state index contributed by atoms with van der Waals surface area (Å²) in [5.74, 6) is -1.39. The van der Waals surface area contributed by atoms with Crippen molar-refractivity contribution in [1.29, 1.82) is 0 Å². The standard InChI is InChI=1S/C20H17Cl2N3O3/c1-4-7-24-19(27)15(18(26)23-20(24)28)9-13-8-11(2)25(12(13)3)14-5-6-16(21)17(22)10-14/h4-6,8-10H,1,7H2,2-3H3,(H,23,26,28)/b15-9-. The minimum Gasteiger partial charge on any atom is -0.318 e. The highest BCUT2D eigenvalue weighted by atomic mass is 35.5. The maximum absolute atomic E-state index is 12.6. The molecule has 0 aliphatic carbocycles. The van der Waals surface area contributed by atoms with Crippen LogP contribution in [0.15, 0.2) is 42.5 Å². The second-order valence-corrected chi connectivity index (χ2v) is 7.10. The maximum atomic E-state index is 12.6.